The summed E-state index contributed by atoms with van der Waals surface area (Å²) in [6, 6.07) is 5.68. The minimum absolute atomic E-state index is 0.515. The molecule has 0 bridgehead atoms. The number of nitrogens with zero attached hydrogens (tertiary/aromatic N) is 4. The molecule has 1 aliphatic rings. The Labute approximate surface area is 135 Å². The second-order valence-corrected chi connectivity index (χ2v) is 6.33. The van der Waals surface area contributed by atoms with E-state index in [-0.39, 0.29) is 0 Å². The van der Waals surface area contributed by atoms with Crippen LogP contribution in [0.2, 0.25) is 5.02 Å². The molecule has 0 unspecified atom stereocenters. The molecule has 1 saturated heterocycles. The quantitative estimate of drug-likeness (QED) is 0.932. The normalized spacial score (nSPS) is 15.9. The third-order valence-corrected chi connectivity index (χ3v) is 4.32. The fourth-order valence-corrected chi connectivity index (χ4v) is 2.85. The van der Waals surface area contributed by atoms with Crippen molar-refractivity contribution >= 4 is 29.1 Å². The Kier molecular flexibility index (Phi) is 4.43. The highest BCUT2D eigenvalue weighted by atomic mass is 35.5. The average Bonchev–Trinajstić information content (AvgIpc) is 2.51. The molecule has 1 fully saturated rings. The molecule has 6 heteroatoms. The van der Waals surface area contributed by atoms with E-state index in [1.165, 1.54) is 12.8 Å². The lowest BCUT2D eigenvalue weighted by atomic mass is 9.99. The molecular formula is C16H20ClN5. The number of anilines is 3. The first kappa shape index (κ1) is 15.0. The van der Waals surface area contributed by atoms with Crippen molar-refractivity contribution in [3.05, 3.63) is 35.0 Å². The Morgan fingerprint density at radius 1 is 1.27 bits per heavy atom. The maximum atomic E-state index is 5.98. The van der Waals surface area contributed by atoms with Gasteiger partial charge in [-0.15, -0.1) is 5.10 Å². The van der Waals surface area contributed by atoms with E-state index in [9.17, 15) is 0 Å². The van der Waals surface area contributed by atoms with E-state index in [4.69, 9.17) is 11.6 Å². The molecule has 5 nitrogen and oxygen atoms in total. The van der Waals surface area contributed by atoms with Crippen molar-refractivity contribution in [3.63, 3.8) is 0 Å². The van der Waals surface area contributed by atoms with Gasteiger partial charge in [-0.2, -0.15) is 10.1 Å². The van der Waals surface area contributed by atoms with Crippen molar-refractivity contribution in [2.24, 2.45) is 5.92 Å². The van der Waals surface area contributed by atoms with Crippen molar-refractivity contribution in [2.75, 3.05) is 23.3 Å². The van der Waals surface area contributed by atoms with Gasteiger partial charge in [0.25, 0.3) is 0 Å². The van der Waals surface area contributed by atoms with Crippen molar-refractivity contribution in [1.82, 2.24) is 15.2 Å². The maximum absolute atomic E-state index is 5.98. The van der Waals surface area contributed by atoms with E-state index in [0.29, 0.717) is 5.95 Å². The monoisotopic (exact) mass is 317 g/mol. The van der Waals surface area contributed by atoms with Gasteiger partial charge in [-0.05, 0) is 49.4 Å². The molecule has 0 atom stereocenters. The number of aromatic nitrogens is 3. The minimum atomic E-state index is 0.515. The molecule has 1 aliphatic heterocycles. The first-order valence-corrected chi connectivity index (χ1v) is 7.97. The van der Waals surface area contributed by atoms with Gasteiger partial charge in [-0.25, -0.2) is 0 Å². The van der Waals surface area contributed by atoms with E-state index < -0.39 is 0 Å². The van der Waals surface area contributed by atoms with Crippen LogP contribution in [0.1, 0.15) is 25.3 Å². The third kappa shape index (κ3) is 3.47. The van der Waals surface area contributed by atoms with Crippen molar-refractivity contribution in [2.45, 2.75) is 26.7 Å². The summed E-state index contributed by atoms with van der Waals surface area (Å²) in [6.07, 6.45) is 4.13. The SMILES string of the molecule is Cc1cc(Cl)ccc1Nc1nncc(N2CCC(C)CC2)n1. The van der Waals surface area contributed by atoms with Crippen molar-refractivity contribution in [3.8, 4) is 0 Å². The van der Waals surface area contributed by atoms with E-state index in [1.54, 1.807) is 6.20 Å². The van der Waals surface area contributed by atoms with Crippen LogP contribution in [0.25, 0.3) is 0 Å². The highest BCUT2D eigenvalue weighted by Crippen LogP contribution is 2.24. The van der Waals surface area contributed by atoms with Crippen LogP contribution in [0.15, 0.2) is 24.4 Å². The molecule has 0 saturated carbocycles. The van der Waals surface area contributed by atoms with Crippen LogP contribution in [0, 0.1) is 12.8 Å². The fraction of sp³-hybridized carbons (Fsp3) is 0.438. The summed E-state index contributed by atoms with van der Waals surface area (Å²) in [5.41, 5.74) is 1.99. The van der Waals surface area contributed by atoms with Crippen LogP contribution in [-0.4, -0.2) is 28.3 Å². The van der Waals surface area contributed by atoms with E-state index in [1.807, 2.05) is 25.1 Å². The predicted molar refractivity (Wildman–Crippen MR) is 89.9 cm³/mol. The van der Waals surface area contributed by atoms with Crippen LogP contribution >= 0.6 is 11.6 Å². The molecule has 3 rings (SSSR count). The topological polar surface area (TPSA) is 53.9 Å². The minimum Gasteiger partial charge on any atom is -0.355 e. The average molecular weight is 318 g/mol. The van der Waals surface area contributed by atoms with Gasteiger partial charge < -0.3 is 10.2 Å². The number of aryl methyl sites for hydroxylation is 1. The molecule has 0 radical (unpaired) electrons. The Hall–Kier alpha value is -1.88. The fourth-order valence-electron chi connectivity index (χ4n) is 2.63. The van der Waals surface area contributed by atoms with Crippen molar-refractivity contribution in [1.29, 1.82) is 0 Å². The summed E-state index contributed by atoms with van der Waals surface area (Å²) in [7, 11) is 0. The van der Waals surface area contributed by atoms with Gasteiger partial charge in [0, 0.05) is 23.8 Å². The van der Waals surface area contributed by atoms with Gasteiger partial charge in [-0.3, -0.25) is 0 Å². The maximum Gasteiger partial charge on any atom is 0.249 e. The Balaban J connectivity index is 1.76. The lowest BCUT2D eigenvalue weighted by Gasteiger charge is -2.30. The van der Waals surface area contributed by atoms with Crippen LogP contribution in [0.5, 0.6) is 0 Å². The Bertz CT molecular complexity index is 653. The molecule has 0 amide bonds. The van der Waals surface area contributed by atoms with Gasteiger partial charge in [-0.1, -0.05) is 18.5 Å². The van der Waals surface area contributed by atoms with Crippen LogP contribution < -0.4 is 10.2 Å². The van der Waals surface area contributed by atoms with Crippen molar-refractivity contribution < 1.29 is 0 Å². The first-order chi connectivity index (χ1) is 10.6. The Morgan fingerprint density at radius 2 is 2.05 bits per heavy atom. The molecule has 0 spiro atoms. The zero-order chi connectivity index (χ0) is 15.5. The van der Waals surface area contributed by atoms with Gasteiger partial charge in [0.15, 0.2) is 5.82 Å². The van der Waals surface area contributed by atoms with E-state index in [0.717, 1.165) is 41.1 Å². The number of hydrogen-bond donors (Lipinski definition) is 1. The summed E-state index contributed by atoms with van der Waals surface area (Å²) in [5.74, 6) is 2.19. The first-order valence-electron chi connectivity index (χ1n) is 7.59. The number of nitrogens with one attached hydrogen (secondary N) is 1. The number of benzene rings is 1. The lowest BCUT2D eigenvalue weighted by molar-refractivity contribution is 0.436. The lowest BCUT2D eigenvalue weighted by Crippen LogP contribution is -2.33. The molecule has 116 valence electrons. The summed E-state index contributed by atoms with van der Waals surface area (Å²) >= 11 is 5.98. The zero-order valence-electron chi connectivity index (χ0n) is 12.9. The number of piperidine rings is 1. The van der Waals surface area contributed by atoms with E-state index >= 15 is 0 Å². The second-order valence-electron chi connectivity index (χ2n) is 5.89. The molecule has 2 heterocycles. The Morgan fingerprint density at radius 3 is 2.77 bits per heavy atom. The van der Waals surface area contributed by atoms with Gasteiger partial charge in [0.05, 0.1) is 6.20 Å². The van der Waals surface area contributed by atoms with Crippen LogP contribution in [0.3, 0.4) is 0 Å². The molecule has 2 aromatic rings. The number of halogens is 1. The largest absolute Gasteiger partial charge is 0.355 e. The summed E-state index contributed by atoms with van der Waals surface area (Å²) in [6.45, 7) is 6.35. The smallest absolute Gasteiger partial charge is 0.249 e. The predicted octanol–water partition coefficient (Wildman–Crippen LogP) is 3.81. The third-order valence-electron chi connectivity index (χ3n) is 4.09. The molecule has 1 aromatic carbocycles. The van der Waals surface area contributed by atoms with Gasteiger partial charge >= 0.3 is 0 Å². The standard InChI is InChI=1S/C16H20ClN5/c1-11-5-7-22(8-6-11)15-10-18-21-16(20-15)19-14-4-3-13(17)9-12(14)2/h3-4,9-11H,5-8H2,1-2H3,(H,19,20,21). The molecule has 1 N–H and O–H groups in total. The highest BCUT2D eigenvalue weighted by Gasteiger charge is 2.17. The molecule has 1 aromatic heterocycles. The van der Waals surface area contributed by atoms with Gasteiger partial charge in [0.2, 0.25) is 5.95 Å². The molecule has 0 aliphatic carbocycles. The number of rotatable bonds is 3. The molecular weight excluding hydrogens is 298 g/mol. The number of hydrogen-bond acceptors (Lipinski definition) is 5. The summed E-state index contributed by atoms with van der Waals surface area (Å²) in [5, 5.41) is 12.1. The summed E-state index contributed by atoms with van der Waals surface area (Å²) < 4.78 is 0. The van der Waals surface area contributed by atoms with Crippen LogP contribution in [0.4, 0.5) is 17.5 Å². The summed E-state index contributed by atoms with van der Waals surface area (Å²) in [4.78, 5) is 6.86. The van der Waals surface area contributed by atoms with Gasteiger partial charge in [0.1, 0.15) is 0 Å². The van der Waals surface area contributed by atoms with Crippen LogP contribution in [-0.2, 0) is 0 Å². The van der Waals surface area contributed by atoms with E-state index in [2.05, 4.69) is 32.3 Å². The highest BCUT2D eigenvalue weighted by molar-refractivity contribution is 6.30. The second kappa shape index (κ2) is 6.48. The zero-order valence-corrected chi connectivity index (χ0v) is 13.6. The molecule has 22 heavy (non-hydrogen) atoms.